The molecule has 0 radical (unpaired) electrons. The predicted molar refractivity (Wildman–Crippen MR) is 109 cm³/mol. The molecule has 3 aromatic rings. The van der Waals surface area contributed by atoms with Gasteiger partial charge in [-0.1, -0.05) is 65.7 Å². The zero-order chi connectivity index (χ0) is 19.9. The molecule has 0 amide bonds. The first-order valence-corrected chi connectivity index (χ1v) is 9.20. The molecule has 0 unspecified atom stereocenters. The molecule has 0 aromatic heterocycles. The van der Waals surface area contributed by atoms with Gasteiger partial charge in [0, 0.05) is 5.56 Å². The van der Waals surface area contributed by atoms with Gasteiger partial charge in [0.2, 0.25) is 0 Å². The van der Waals surface area contributed by atoms with E-state index in [1.165, 1.54) is 0 Å². The van der Waals surface area contributed by atoms with Gasteiger partial charge in [-0.2, -0.15) is 5.26 Å². The van der Waals surface area contributed by atoms with Gasteiger partial charge in [0.05, 0.1) is 27.2 Å². The maximum absolute atomic E-state index is 12.6. The minimum atomic E-state index is -0.503. The number of benzene rings is 3. The van der Waals surface area contributed by atoms with Gasteiger partial charge in [-0.05, 0) is 29.8 Å². The van der Waals surface area contributed by atoms with E-state index in [0.29, 0.717) is 38.0 Å². The second kappa shape index (κ2) is 9.27. The summed E-state index contributed by atoms with van der Waals surface area (Å²) < 4.78 is 10.9. The Hall–Kier alpha value is -3.00. The maximum Gasteiger partial charge on any atom is 0.338 e. The Bertz CT molecular complexity index is 1020. The third-order valence-electron chi connectivity index (χ3n) is 3.97. The molecule has 0 spiro atoms. The van der Waals surface area contributed by atoms with Gasteiger partial charge in [-0.3, -0.25) is 0 Å². The lowest BCUT2D eigenvalue weighted by molar-refractivity contribution is 0.0451. The second-order valence-corrected chi connectivity index (χ2v) is 6.55. The molecule has 0 heterocycles. The van der Waals surface area contributed by atoms with Gasteiger partial charge < -0.3 is 9.47 Å². The minimum absolute atomic E-state index is 0.0224. The molecule has 0 aliphatic carbocycles. The molecule has 0 saturated carbocycles. The fourth-order valence-electron chi connectivity index (χ4n) is 2.69. The molecular weight excluding hydrogens is 397 g/mol. The zero-order valence-corrected chi connectivity index (χ0v) is 16.2. The minimum Gasteiger partial charge on any atom is -0.487 e. The van der Waals surface area contributed by atoms with Crippen LogP contribution in [0.15, 0.2) is 66.7 Å². The monoisotopic (exact) mass is 411 g/mol. The zero-order valence-electron chi connectivity index (χ0n) is 14.7. The molecule has 0 N–H and O–H groups in total. The summed E-state index contributed by atoms with van der Waals surface area (Å²) in [6.07, 6.45) is 0. The molecule has 3 rings (SSSR count). The predicted octanol–water partition coefficient (Wildman–Crippen LogP) is 5.77. The number of para-hydroxylation sites is 1. The first kappa shape index (κ1) is 19.8. The molecule has 4 nitrogen and oxygen atoms in total. The Balaban J connectivity index is 1.70. The lowest BCUT2D eigenvalue weighted by Gasteiger charge is -2.12. The molecule has 0 aliphatic heterocycles. The molecule has 28 heavy (non-hydrogen) atoms. The number of nitrogens with zero attached hydrogens (tertiary/aromatic N) is 1. The van der Waals surface area contributed by atoms with E-state index >= 15 is 0 Å². The van der Waals surface area contributed by atoms with E-state index < -0.39 is 5.97 Å². The number of rotatable bonds is 6. The van der Waals surface area contributed by atoms with E-state index in [2.05, 4.69) is 6.07 Å². The summed E-state index contributed by atoms with van der Waals surface area (Å²) in [6.45, 7) is 0.126. The van der Waals surface area contributed by atoms with E-state index in [4.69, 9.17) is 32.7 Å². The summed E-state index contributed by atoms with van der Waals surface area (Å²) in [6, 6.07) is 21.3. The lowest BCUT2D eigenvalue weighted by Crippen LogP contribution is -2.13. The Morgan fingerprint density at radius 1 is 0.857 bits per heavy atom. The quantitative estimate of drug-likeness (QED) is 0.381. The number of carbonyl (C=O) groups is 1. The Labute approximate surface area is 172 Å². The van der Waals surface area contributed by atoms with Crippen LogP contribution in [-0.4, -0.2) is 19.2 Å². The third kappa shape index (κ3) is 4.45. The first-order chi connectivity index (χ1) is 13.6. The number of ether oxygens (including phenoxy) is 2. The molecular formula is C22H15Cl2NO3. The van der Waals surface area contributed by atoms with E-state index in [9.17, 15) is 10.1 Å². The van der Waals surface area contributed by atoms with Crippen LogP contribution in [0.4, 0.5) is 0 Å². The number of hydrogen-bond acceptors (Lipinski definition) is 4. The molecule has 0 fully saturated rings. The van der Waals surface area contributed by atoms with Crippen LogP contribution in [0, 0.1) is 11.3 Å². The number of carbonyl (C=O) groups excluding carboxylic acids is 1. The van der Waals surface area contributed by atoms with Crippen LogP contribution in [0.2, 0.25) is 10.0 Å². The normalized spacial score (nSPS) is 10.2. The average molecular weight is 412 g/mol. The molecule has 0 bridgehead atoms. The smallest absolute Gasteiger partial charge is 0.338 e. The lowest BCUT2D eigenvalue weighted by atomic mass is 9.96. The first-order valence-electron chi connectivity index (χ1n) is 8.44. The van der Waals surface area contributed by atoms with Crippen molar-refractivity contribution in [3.63, 3.8) is 0 Å². The van der Waals surface area contributed by atoms with Crippen LogP contribution in [-0.2, 0) is 4.74 Å². The van der Waals surface area contributed by atoms with Crippen molar-refractivity contribution >= 4 is 29.2 Å². The molecule has 0 aliphatic rings. The van der Waals surface area contributed by atoms with E-state index in [0.717, 1.165) is 0 Å². The third-order valence-corrected chi connectivity index (χ3v) is 4.56. The maximum atomic E-state index is 12.6. The van der Waals surface area contributed by atoms with Crippen molar-refractivity contribution in [2.24, 2.45) is 0 Å². The number of nitriles is 1. The highest BCUT2D eigenvalue weighted by Gasteiger charge is 2.16. The largest absolute Gasteiger partial charge is 0.487 e. The van der Waals surface area contributed by atoms with Crippen molar-refractivity contribution in [2.75, 3.05) is 13.2 Å². The summed E-state index contributed by atoms with van der Waals surface area (Å²) in [5, 5.41) is 10.1. The Morgan fingerprint density at radius 3 is 2.21 bits per heavy atom. The molecule has 3 aromatic carbocycles. The summed E-state index contributed by atoms with van der Waals surface area (Å²) in [7, 11) is 0. The highest BCUT2D eigenvalue weighted by Crippen LogP contribution is 2.32. The SMILES string of the molecule is N#Cc1ccccc1-c1ccccc1C(=O)OCCOc1c(Cl)cccc1Cl. The van der Waals surface area contributed by atoms with Crippen LogP contribution in [0.3, 0.4) is 0 Å². The average Bonchev–Trinajstić information content (AvgIpc) is 2.72. The van der Waals surface area contributed by atoms with Crippen molar-refractivity contribution in [3.05, 3.63) is 87.9 Å². The summed E-state index contributed by atoms with van der Waals surface area (Å²) in [5.41, 5.74) is 2.18. The van der Waals surface area contributed by atoms with E-state index in [1.54, 1.807) is 54.6 Å². The van der Waals surface area contributed by atoms with Gasteiger partial charge in [-0.15, -0.1) is 0 Å². The van der Waals surface area contributed by atoms with Gasteiger partial charge in [0.15, 0.2) is 5.75 Å². The van der Waals surface area contributed by atoms with Crippen molar-refractivity contribution in [1.29, 1.82) is 5.26 Å². The van der Waals surface area contributed by atoms with Crippen LogP contribution >= 0.6 is 23.2 Å². The summed E-state index contributed by atoms with van der Waals surface area (Å²) in [5.74, 6) is -0.151. The van der Waals surface area contributed by atoms with Crippen LogP contribution in [0.1, 0.15) is 15.9 Å². The van der Waals surface area contributed by atoms with Crippen LogP contribution in [0.25, 0.3) is 11.1 Å². The Morgan fingerprint density at radius 2 is 1.50 bits per heavy atom. The highest BCUT2D eigenvalue weighted by molar-refractivity contribution is 6.37. The fourth-order valence-corrected chi connectivity index (χ4v) is 3.19. The van der Waals surface area contributed by atoms with Gasteiger partial charge >= 0.3 is 5.97 Å². The van der Waals surface area contributed by atoms with Crippen molar-refractivity contribution in [3.8, 4) is 22.9 Å². The second-order valence-electron chi connectivity index (χ2n) is 5.74. The summed E-state index contributed by atoms with van der Waals surface area (Å²) in [4.78, 5) is 12.6. The van der Waals surface area contributed by atoms with Crippen LogP contribution in [0.5, 0.6) is 5.75 Å². The number of halogens is 2. The molecule has 140 valence electrons. The van der Waals surface area contributed by atoms with Crippen LogP contribution < -0.4 is 4.74 Å². The van der Waals surface area contributed by atoms with E-state index in [1.807, 2.05) is 12.1 Å². The fraction of sp³-hybridized carbons (Fsp3) is 0.0909. The Kier molecular flexibility index (Phi) is 6.54. The topological polar surface area (TPSA) is 59.3 Å². The standard InChI is InChI=1S/C22H15Cl2NO3/c23-19-10-5-11-20(24)21(19)27-12-13-28-22(26)18-9-4-3-8-17(18)16-7-2-1-6-15(16)14-25/h1-11H,12-13H2. The van der Waals surface area contributed by atoms with Crippen molar-refractivity contribution < 1.29 is 14.3 Å². The van der Waals surface area contributed by atoms with Crippen molar-refractivity contribution in [2.45, 2.75) is 0 Å². The van der Waals surface area contributed by atoms with Gasteiger partial charge in [0.25, 0.3) is 0 Å². The highest BCUT2D eigenvalue weighted by atomic mass is 35.5. The molecule has 0 saturated heterocycles. The van der Waals surface area contributed by atoms with E-state index in [-0.39, 0.29) is 13.2 Å². The molecule has 0 atom stereocenters. The number of hydrogen-bond donors (Lipinski definition) is 0. The van der Waals surface area contributed by atoms with Gasteiger partial charge in [0.1, 0.15) is 13.2 Å². The van der Waals surface area contributed by atoms with Gasteiger partial charge in [-0.25, -0.2) is 4.79 Å². The summed E-state index contributed by atoms with van der Waals surface area (Å²) >= 11 is 12.1. The number of esters is 1. The molecule has 6 heteroatoms. The van der Waals surface area contributed by atoms with Crippen molar-refractivity contribution in [1.82, 2.24) is 0 Å².